The summed E-state index contributed by atoms with van der Waals surface area (Å²) in [5.41, 5.74) is 0. The normalized spacial score (nSPS) is 16.0. The van der Waals surface area contributed by atoms with Crippen LogP contribution in [0.25, 0.3) is 0 Å². The zero-order valence-electron chi connectivity index (χ0n) is 11.8. The van der Waals surface area contributed by atoms with Gasteiger partial charge in [-0.05, 0) is 12.1 Å². The Balaban J connectivity index is 1.87. The third-order valence-corrected chi connectivity index (χ3v) is 3.95. The average Bonchev–Trinajstić information content (AvgIpc) is 2.95. The first kappa shape index (κ1) is 14.5. The van der Waals surface area contributed by atoms with Gasteiger partial charge < -0.3 is 9.47 Å². The van der Waals surface area contributed by atoms with E-state index in [0.29, 0.717) is 35.6 Å². The maximum Gasteiger partial charge on any atom is 0.192 e. The zero-order valence-corrected chi connectivity index (χ0v) is 12.6. The van der Waals surface area contributed by atoms with Crippen LogP contribution in [-0.2, 0) is 6.54 Å². The predicted octanol–water partition coefficient (Wildman–Crippen LogP) is 2.59. The Morgan fingerprint density at radius 2 is 2.23 bits per heavy atom. The van der Waals surface area contributed by atoms with Crippen LogP contribution >= 0.6 is 11.8 Å². The molecule has 0 spiro atoms. The molecule has 1 aromatic heterocycles. The molecule has 1 aliphatic heterocycles. The highest BCUT2D eigenvalue weighted by Gasteiger charge is 2.28. The number of ether oxygens (including phenoxy) is 2. The highest BCUT2D eigenvalue weighted by atomic mass is 32.2. The van der Waals surface area contributed by atoms with E-state index in [9.17, 15) is 0 Å². The Kier molecular flexibility index (Phi) is 4.30. The minimum atomic E-state index is -0.334. The molecule has 0 bridgehead atoms. The number of nitrogens with zero attached hydrogens (tertiary/aromatic N) is 4. The Morgan fingerprint density at radius 1 is 1.41 bits per heavy atom. The van der Waals surface area contributed by atoms with E-state index < -0.39 is 0 Å². The molecule has 0 saturated heterocycles. The molecule has 1 atom stereocenters. The van der Waals surface area contributed by atoms with E-state index >= 15 is 0 Å². The number of hydrogen-bond acceptors (Lipinski definition) is 6. The fourth-order valence-corrected chi connectivity index (χ4v) is 2.81. The summed E-state index contributed by atoms with van der Waals surface area (Å²) >= 11 is 1.34. The van der Waals surface area contributed by atoms with Crippen molar-refractivity contribution in [1.82, 2.24) is 14.8 Å². The van der Waals surface area contributed by atoms with Crippen molar-refractivity contribution in [2.24, 2.45) is 0 Å². The lowest BCUT2D eigenvalue weighted by Crippen LogP contribution is -2.25. The quantitative estimate of drug-likeness (QED) is 0.624. The summed E-state index contributed by atoms with van der Waals surface area (Å²) in [4.78, 5) is 0. The van der Waals surface area contributed by atoms with Crippen molar-refractivity contribution in [3.63, 3.8) is 0 Å². The number of benzene rings is 1. The van der Waals surface area contributed by atoms with Gasteiger partial charge in [0.1, 0.15) is 6.61 Å². The second kappa shape index (κ2) is 6.54. The van der Waals surface area contributed by atoms with Gasteiger partial charge in [-0.15, -0.1) is 16.8 Å². The lowest BCUT2D eigenvalue weighted by Gasteiger charge is -2.26. The topological polar surface area (TPSA) is 73.0 Å². The summed E-state index contributed by atoms with van der Waals surface area (Å²) in [6.45, 7) is 4.68. The van der Waals surface area contributed by atoms with Gasteiger partial charge >= 0.3 is 0 Å². The van der Waals surface area contributed by atoms with Crippen molar-refractivity contribution in [3.05, 3.63) is 42.7 Å². The third-order valence-electron chi connectivity index (χ3n) is 3.12. The molecule has 22 heavy (non-hydrogen) atoms. The summed E-state index contributed by atoms with van der Waals surface area (Å²) in [6, 6.07) is 9.62. The third kappa shape index (κ3) is 2.78. The fraction of sp³-hybridized carbons (Fsp3) is 0.267. The smallest absolute Gasteiger partial charge is 0.192 e. The highest BCUT2D eigenvalue weighted by molar-refractivity contribution is 7.99. The van der Waals surface area contributed by atoms with Gasteiger partial charge in [0, 0.05) is 6.54 Å². The average molecular weight is 314 g/mol. The van der Waals surface area contributed by atoms with Crippen LogP contribution in [0.2, 0.25) is 0 Å². The van der Waals surface area contributed by atoms with E-state index in [1.807, 2.05) is 28.8 Å². The number of rotatable bonds is 5. The standard InChI is InChI=1S/C15H14N4O2S/c1-2-8-19-14(17-18-15(19)22-9-7-16)13-10-20-11-5-3-4-6-12(11)21-13/h2-6,13H,1,8-10H2. The van der Waals surface area contributed by atoms with Gasteiger partial charge in [-0.1, -0.05) is 30.0 Å². The van der Waals surface area contributed by atoms with Crippen LogP contribution in [0.15, 0.2) is 42.1 Å². The van der Waals surface area contributed by atoms with Crippen molar-refractivity contribution in [2.45, 2.75) is 17.8 Å². The predicted molar refractivity (Wildman–Crippen MR) is 81.9 cm³/mol. The number of allylic oxidation sites excluding steroid dienone is 1. The second-order valence-electron chi connectivity index (χ2n) is 4.55. The van der Waals surface area contributed by atoms with E-state index in [1.165, 1.54) is 11.8 Å². The van der Waals surface area contributed by atoms with Crippen molar-refractivity contribution >= 4 is 11.8 Å². The largest absolute Gasteiger partial charge is 0.485 e. The Bertz CT molecular complexity index is 723. The van der Waals surface area contributed by atoms with Crippen LogP contribution in [0.5, 0.6) is 11.5 Å². The summed E-state index contributed by atoms with van der Waals surface area (Å²) in [5.74, 6) is 2.42. The molecule has 7 heteroatoms. The minimum absolute atomic E-state index is 0.320. The van der Waals surface area contributed by atoms with Crippen molar-refractivity contribution in [1.29, 1.82) is 5.26 Å². The molecule has 112 valence electrons. The van der Waals surface area contributed by atoms with Crippen molar-refractivity contribution in [2.75, 3.05) is 12.4 Å². The van der Waals surface area contributed by atoms with E-state index in [2.05, 4.69) is 22.8 Å². The molecule has 0 radical (unpaired) electrons. The monoisotopic (exact) mass is 314 g/mol. The van der Waals surface area contributed by atoms with Gasteiger partial charge in [-0.25, -0.2) is 0 Å². The maximum absolute atomic E-state index is 8.72. The van der Waals surface area contributed by atoms with Crippen LogP contribution in [0, 0.1) is 11.3 Å². The van der Waals surface area contributed by atoms with Crippen LogP contribution in [0.4, 0.5) is 0 Å². The first-order valence-corrected chi connectivity index (χ1v) is 7.74. The van der Waals surface area contributed by atoms with Crippen LogP contribution in [-0.4, -0.2) is 27.1 Å². The molecule has 0 amide bonds. The molecule has 2 aromatic rings. The van der Waals surface area contributed by atoms with Gasteiger partial charge in [-0.2, -0.15) is 5.26 Å². The molecule has 1 aromatic carbocycles. The van der Waals surface area contributed by atoms with Gasteiger partial charge in [0.15, 0.2) is 28.6 Å². The summed E-state index contributed by atoms with van der Waals surface area (Å²) in [6.07, 6.45) is 1.43. The van der Waals surface area contributed by atoms with E-state index in [0.717, 1.165) is 5.75 Å². The number of para-hydroxylation sites is 2. The first-order chi connectivity index (χ1) is 10.8. The molecule has 0 saturated carbocycles. The fourth-order valence-electron chi connectivity index (χ4n) is 2.19. The second-order valence-corrected chi connectivity index (χ2v) is 5.49. The Hall–Kier alpha value is -2.46. The molecule has 0 fully saturated rings. The zero-order chi connectivity index (χ0) is 15.4. The van der Waals surface area contributed by atoms with Crippen LogP contribution in [0.1, 0.15) is 11.9 Å². The minimum Gasteiger partial charge on any atom is -0.485 e. The highest BCUT2D eigenvalue weighted by Crippen LogP contribution is 2.36. The van der Waals surface area contributed by atoms with Gasteiger partial charge in [0.2, 0.25) is 0 Å². The molecular weight excluding hydrogens is 300 g/mol. The summed E-state index contributed by atoms with van der Waals surface area (Å²) in [7, 11) is 0. The first-order valence-electron chi connectivity index (χ1n) is 6.75. The molecule has 1 unspecified atom stereocenters. The number of hydrogen-bond donors (Lipinski definition) is 0. The van der Waals surface area contributed by atoms with Crippen LogP contribution in [0.3, 0.4) is 0 Å². The van der Waals surface area contributed by atoms with E-state index in [-0.39, 0.29) is 6.10 Å². The number of nitriles is 1. The van der Waals surface area contributed by atoms with Gasteiger partial charge in [-0.3, -0.25) is 4.57 Å². The van der Waals surface area contributed by atoms with Crippen LogP contribution < -0.4 is 9.47 Å². The number of thioether (sulfide) groups is 1. The van der Waals surface area contributed by atoms with Gasteiger partial charge in [0.05, 0.1) is 11.8 Å². The Labute approximate surface area is 132 Å². The summed E-state index contributed by atoms with van der Waals surface area (Å²) in [5, 5.41) is 17.8. The molecule has 6 nitrogen and oxygen atoms in total. The molecule has 1 aliphatic rings. The van der Waals surface area contributed by atoms with Gasteiger partial charge in [0.25, 0.3) is 0 Å². The maximum atomic E-state index is 8.72. The number of fused-ring (bicyclic) bond motifs is 1. The van der Waals surface area contributed by atoms with E-state index in [4.69, 9.17) is 14.7 Å². The lowest BCUT2D eigenvalue weighted by atomic mass is 10.2. The Morgan fingerprint density at radius 3 is 3.00 bits per heavy atom. The van der Waals surface area contributed by atoms with Crippen molar-refractivity contribution in [3.8, 4) is 17.6 Å². The summed E-state index contributed by atoms with van der Waals surface area (Å²) < 4.78 is 13.6. The SMILES string of the molecule is C=CCn1c(SCC#N)nnc1C1COc2ccccc2O1. The molecular formula is C15H14N4O2S. The molecule has 0 N–H and O–H groups in total. The van der Waals surface area contributed by atoms with Crippen molar-refractivity contribution < 1.29 is 9.47 Å². The molecule has 3 rings (SSSR count). The molecule has 2 heterocycles. The number of aromatic nitrogens is 3. The molecule has 0 aliphatic carbocycles. The van der Waals surface area contributed by atoms with E-state index in [1.54, 1.807) is 6.08 Å². The lowest BCUT2D eigenvalue weighted by molar-refractivity contribution is 0.0821.